The van der Waals surface area contributed by atoms with Gasteiger partial charge in [0, 0.05) is 0 Å². The fourth-order valence-electron chi connectivity index (χ4n) is 3.05. The van der Waals surface area contributed by atoms with Crippen molar-refractivity contribution in [2.45, 2.75) is 24.4 Å². The van der Waals surface area contributed by atoms with Gasteiger partial charge in [-0.25, -0.2) is 0 Å². The first-order chi connectivity index (χ1) is 8.83. The van der Waals surface area contributed by atoms with Gasteiger partial charge in [-0.3, -0.25) is 13.8 Å². The predicted molar refractivity (Wildman–Crippen MR) is 57.3 cm³/mol. The van der Waals surface area contributed by atoms with Crippen LogP contribution in [0.5, 0.6) is 0 Å². The van der Waals surface area contributed by atoms with E-state index in [2.05, 4.69) is 4.74 Å². The van der Waals surface area contributed by atoms with Crippen molar-refractivity contribution in [3.8, 4) is 0 Å². The highest BCUT2D eigenvalue weighted by molar-refractivity contribution is 7.86. The molecule has 106 valence electrons. The molecule has 0 radical (unpaired) electrons. The topological polar surface area (TPSA) is 105 Å². The molecule has 3 saturated heterocycles. The van der Waals surface area contributed by atoms with Gasteiger partial charge in [-0.1, -0.05) is 0 Å². The molecular weight excluding hydrogens is 280 g/mol. The van der Waals surface area contributed by atoms with Gasteiger partial charge in [0.2, 0.25) is 0 Å². The quantitative estimate of drug-likeness (QED) is 0.454. The van der Waals surface area contributed by atoms with E-state index in [0.717, 1.165) is 6.26 Å². The first kappa shape index (κ1) is 12.8. The molecule has 3 rings (SSSR count). The fourth-order valence-corrected chi connectivity index (χ4v) is 3.68. The van der Waals surface area contributed by atoms with E-state index in [9.17, 15) is 18.0 Å². The number of ether oxygens (including phenoxy) is 3. The van der Waals surface area contributed by atoms with E-state index in [-0.39, 0.29) is 0 Å². The van der Waals surface area contributed by atoms with Gasteiger partial charge in [0.1, 0.15) is 30.1 Å². The summed E-state index contributed by atoms with van der Waals surface area (Å²) in [6.07, 6.45) is -2.37. The summed E-state index contributed by atoms with van der Waals surface area (Å²) in [5.41, 5.74) is 0. The molecule has 3 fully saturated rings. The number of methoxy groups -OCH3 is 1. The molecule has 3 heterocycles. The monoisotopic (exact) mass is 292 g/mol. The molecule has 0 aromatic heterocycles. The Labute approximate surface area is 109 Å². The lowest BCUT2D eigenvalue weighted by molar-refractivity contribution is -0.153. The Kier molecular flexibility index (Phi) is 2.63. The van der Waals surface area contributed by atoms with Gasteiger partial charge in [0.25, 0.3) is 10.1 Å². The van der Waals surface area contributed by atoms with Crippen molar-refractivity contribution in [1.82, 2.24) is 0 Å². The summed E-state index contributed by atoms with van der Waals surface area (Å²) in [5, 5.41) is 0. The molecule has 19 heavy (non-hydrogen) atoms. The minimum Gasteiger partial charge on any atom is -0.469 e. The molecule has 0 N–H and O–H groups in total. The maximum Gasteiger partial charge on any atom is 0.313 e. The van der Waals surface area contributed by atoms with E-state index >= 15 is 0 Å². The first-order valence-electron chi connectivity index (χ1n) is 5.65. The smallest absolute Gasteiger partial charge is 0.313 e. The summed E-state index contributed by atoms with van der Waals surface area (Å²) in [6, 6.07) is 0. The molecule has 0 aliphatic carbocycles. The molecule has 3 aliphatic heterocycles. The van der Waals surface area contributed by atoms with Crippen LogP contribution < -0.4 is 0 Å². The van der Waals surface area contributed by atoms with Gasteiger partial charge in [-0.05, 0) is 0 Å². The van der Waals surface area contributed by atoms with E-state index in [0.29, 0.717) is 0 Å². The van der Waals surface area contributed by atoms with Crippen LogP contribution in [0.4, 0.5) is 0 Å². The third kappa shape index (κ3) is 1.76. The molecule has 6 atom stereocenters. The van der Waals surface area contributed by atoms with Gasteiger partial charge in [-0.2, -0.15) is 8.42 Å². The molecular formula is C10H12O8S. The normalized spacial score (nSPS) is 43.4. The zero-order chi connectivity index (χ0) is 13.9. The second-order valence-corrected chi connectivity index (χ2v) is 6.41. The number of hydrogen-bond acceptors (Lipinski definition) is 8. The highest BCUT2D eigenvalue weighted by Crippen LogP contribution is 2.51. The molecule has 6 unspecified atom stereocenters. The third-order valence-electron chi connectivity index (χ3n) is 3.66. The highest BCUT2D eigenvalue weighted by Gasteiger charge is 2.71. The molecule has 8 nitrogen and oxygen atoms in total. The number of carbonyl (C=O) groups is 2. The second-order valence-electron chi connectivity index (χ2n) is 4.81. The van der Waals surface area contributed by atoms with Crippen LogP contribution in [0.25, 0.3) is 0 Å². The van der Waals surface area contributed by atoms with Crippen molar-refractivity contribution in [3.05, 3.63) is 0 Å². The fraction of sp³-hybridized carbons (Fsp3) is 0.800. The van der Waals surface area contributed by atoms with Crippen molar-refractivity contribution in [3.63, 3.8) is 0 Å². The second kappa shape index (κ2) is 3.90. The van der Waals surface area contributed by atoms with Crippen LogP contribution in [-0.4, -0.2) is 58.1 Å². The van der Waals surface area contributed by atoms with E-state index in [4.69, 9.17) is 13.7 Å². The van der Waals surface area contributed by atoms with Gasteiger partial charge in [0.15, 0.2) is 6.10 Å². The molecule has 3 aliphatic rings. The van der Waals surface area contributed by atoms with E-state index in [1.807, 2.05) is 0 Å². The maximum absolute atomic E-state index is 11.7. The SMILES string of the molecule is COC(=O)C1C2OC3C(OC(=O)C31)C2OS(C)(=O)=O. The largest absolute Gasteiger partial charge is 0.469 e. The summed E-state index contributed by atoms with van der Waals surface area (Å²) in [6.45, 7) is 0. The minimum absolute atomic E-state index is 0.576. The molecule has 0 saturated carbocycles. The van der Waals surface area contributed by atoms with Crippen molar-refractivity contribution >= 4 is 22.1 Å². The Morgan fingerprint density at radius 2 is 1.95 bits per heavy atom. The number of hydrogen-bond donors (Lipinski definition) is 0. The zero-order valence-corrected chi connectivity index (χ0v) is 11.0. The number of fused-ring (bicyclic) bond motifs is 1. The van der Waals surface area contributed by atoms with Crippen LogP contribution in [0.2, 0.25) is 0 Å². The van der Waals surface area contributed by atoms with Crippen molar-refractivity contribution in [1.29, 1.82) is 0 Å². The lowest BCUT2D eigenvalue weighted by atomic mass is 9.78. The third-order valence-corrected chi connectivity index (χ3v) is 4.24. The number of carbonyl (C=O) groups excluding carboxylic acids is 2. The van der Waals surface area contributed by atoms with Crippen LogP contribution in [0.3, 0.4) is 0 Å². The molecule has 2 bridgehead atoms. The van der Waals surface area contributed by atoms with Crippen LogP contribution >= 0.6 is 0 Å². The molecule has 9 heteroatoms. The van der Waals surface area contributed by atoms with Crippen molar-refractivity contribution in [2.75, 3.05) is 13.4 Å². The Bertz CT molecular complexity index is 540. The molecule has 0 spiro atoms. The van der Waals surface area contributed by atoms with E-state index in [1.54, 1.807) is 0 Å². The van der Waals surface area contributed by atoms with Gasteiger partial charge in [-0.15, -0.1) is 0 Å². The van der Waals surface area contributed by atoms with E-state index < -0.39 is 58.3 Å². The van der Waals surface area contributed by atoms with Crippen molar-refractivity contribution < 1.29 is 36.4 Å². The van der Waals surface area contributed by atoms with Crippen molar-refractivity contribution in [2.24, 2.45) is 11.8 Å². The summed E-state index contributed by atoms with van der Waals surface area (Å²) < 4.78 is 42.5. The molecule has 0 aromatic rings. The van der Waals surface area contributed by atoms with Crippen LogP contribution in [-0.2, 0) is 38.1 Å². The van der Waals surface area contributed by atoms with Gasteiger partial charge >= 0.3 is 11.9 Å². The summed E-state index contributed by atoms with van der Waals surface area (Å²) in [7, 11) is -2.56. The number of esters is 2. The standard InChI is InChI=1S/C10H12O8S/c1-15-9(11)3-4-5-7(17-10(4)12)8(6(3)16-5)18-19(2,13)14/h3-8H,1-2H3. The molecule has 0 aromatic carbocycles. The van der Waals surface area contributed by atoms with Crippen LogP contribution in [0.1, 0.15) is 0 Å². The summed E-state index contributed by atoms with van der Waals surface area (Å²) >= 11 is 0. The maximum atomic E-state index is 11.7. The lowest BCUT2D eigenvalue weighted by Crippen LogP contribution is -2.47. The van der Waals surface area contributed by atoms with Crippen LogP contribution in [0.15, 0.2) is 0 Å². The Morgan fingerprint density at radius 3 is 2.53 bits per heavy atom. The minimum atomic E-state index is -3.75. The summed E-state index contributed by atoms with van der Waals surface area (Å²) in [4.78, 5) is 23.5. The Balaban J connectivity index is 1.94. The van der Waals surface area contributed by atoms with Crippen LogP contribution in [0, 0.1) is 11.8 Å². The zero-order valence-electron chi connectivity index (χ0n) is 10.1. The average molecular weight is 292 g/mol. The Hall–Kier alpha value is -1.19. The Morgan fingerprint density at radius 1 is 1.26 bits per heavy atom. The predicted octanol–water partition coefficient (Wildman–Crippen LogP) is -1.56. The lowest BCUT2D eigenvalue weighted by Gasteiger charge is -2.25. The average Bonchev–Trinajstić information content (AvgIpc) is 2.89. The molecule has 0 amide bonds. The van der Waals surface area contributed by atoms with Gasteiger partial charge in [0.05, 0.1) is 13.4 Å². The van der Waals surface area contributed by atoms with Gasteiger partial charge < -0.3 is 14.2 Å². The first-order valence-corrected chi connectivity index (χ1v) is 7.47. The van der Waals surface area contributed by atoms with E-state index in [1.165, 1.54) is 7.11 Å². The highest BCUT2D eigenvalue weighted by atomic mass is 32.2. The number of rotatable bonds is 3. The summed E-state index contributed by atoms with van der Waals surface area (Å²) in [5.74, 6) is -2.82.